The van der Waals surface area contributed by atoms with E-state index in [0.29, 0.717) is 6.54 Å². The normalized spacial score (nSPS) is 22.8. The van der Waals surface area contributed by atoms with Gasteiger partial charge in [0.2, 0.25) is 10.0 Å². The Labute approximate surface area is 102 Å². The molecule has 2 heterocycles. The third-order valence-electron chi connectivity index (χ3n) is 3.25. The second kappa shape index (κ2) is 5.18. The van der Waals surface area contributed by atoms with E-state index in [2.05, 4.69) is 5.10 Å². The number of sulfonamides is 1. The number of aromatic nitrogens is 2. The van der Waals surface area contributed by atoms with Crippen molar-refractivity contribution >= 4 is 10.0 Å². The van der Waals surface area contributed by atoms with E-state index in [0.717, 1.165) is 32.2 Å². The molecule has 0 aliphatic carbocycles. The summed E-state index contributed by atoms with van der Waals surface area (Å²) in [5.41, 5.74) is 0. The fourth-order valence-corrected chi connectivity index (χ4v) is 3.63. The summed E-state index contributed by atoms with van der Waals surface area (Å²) in [7, 11) is -3.06. The molecule has 2 rings (SSSR count). The predicted molar refractivity (Wildman–Crippen MR) is 66.0 cm³/mol. The molecule has 0 spiro atoms. The van der Waals surface area contributed by atoms with E-state index in [4.69, 9.17) is 0 Å². The molecule has 1 fully saturated rings. The summed E-state index contributed by atoms with van der Waals surface area (Å²) in [6.45, 7) is 1.45. The summed E-state index contributed by atoms with van der Waals surface area (Å²) >= 11 is 0. The largest absolute Gasteiger partial charge is 0.273 e. The van der Waals surface area contributed by atoms with Gasteiger partial charge in [0.1, 0.15) is 0 Å². The maximum Gasteiger partial charge on any atom is 0.211 e. The van der Waals surface area contributed by atoms with Gasteiger partial charge in [0, 0.05) is 31.5 Å². The maximum absolute atomic E-state index is 11.7. The molecule has 0 saturated carbocycles. The SMILES string of the molecule is CS(=O)(=O)N1CCCC[C@H]1CCn1cccn1. The first-order chi connectivity index (χ1) is 8.07. The number of nitrogens with zero attached hydrogens (tertiary/aromatic N) is 3. The molecule has 6 heteroatoms. The number of hydrogen-bond donors (Lipinski definition) is 0. The molecule has 1 atom stereocenters. The van der Waals surface area contributed by atoms with Gasteiger partial charge in [-0.15, -0.1) is 0 Å². The lowest BCUT2D eigenvalue weighted by atomic mass is 10.0. The first kappa shape index (κ1) is 12.6. The Morgan fingerprint density at radius 3 is 2.88 bits per heavy atom. The summed E-state index contributed by atoms with van der Waals surface area (Å²) in [6, 6.07) is 2.03. The zero-order chi connectivity index (χ0) is 12.3. The van der Waals surface area contributed by atoms with Gasteiger partial charge in [0.15, 0.2) is 0 Å². The quantitative estimate of drug-likeness (QED) is 0.811. The van der Waals surface area contributed by atoms with Crippen molar-refractivity contribution in [1.82, 2.24) is 14.1 Å². The van der Waals surface area contributed by atoms with E-state index in [1.807, 2.05) is 16.9 Å². The Kier molecular flexibility index (Phi) is 3.83. The third kappa shape index (κ3) is 3.29. The number of piperidine rings is 1. The number of aryl methyl sites for hydroxylation is 1. The van der Waals surface area contributed by atoms with Gasteiger partial charge < -0.3 is 0 Å². The molecule has 1 aliphatic rings. The van der Waals surface area contributed by atoms with Crippen molar-refractivity contribution in [3.63, 3.8) is 0 Å². The van der Waals surface area contributed by atoms with E-state index >= 15 is 0 Å². The zero-order valence-corrected chi connectivity index (χ0v) is 10.9. The van der Waals surface area contributed by atoms with Crippen LogP contribution in [0.2, 0.25) is 0 Å². The lowest BCUT2D eigenvalue weighted by molar-refractivity contribution is 0.233. The van der Waals surface area contributed by atoms with E-state index in [-0.39, 0.29) is 6.04 Å². The highest BCUT2D eigenvalue weighted by molar-refractivity contribution is 7.88. The van der Waals surface area contributed by atoms with Crippen molar-refractivity contribution in [3.8, 4) is 0 Å². The summed E-state index contributed by atoms with van der Waals surface area (Å²) in [6.07, 6.45) is 8.87. The van der Waals surface area contributed by atoms with Gasteiger partial charge in [-0.05, 0) is 25.3 Å². The van der Waals surface area contributed by atoms with E-state index < -0.39 is 10.0 Å². The minimum absolute atomic E-state index is 0.142. The second-order valence-corrected chi connectivity index (χ2v) is 6.52. The predicted octanol–water partition coefficient (Wildman–Crippen LogP) is 1.09. The molecule has 0 aromatic carbocycles. The van der Waals surface area contributed by atoms with Gasteiger partial charge in [0.05, 0.1) is 6.26 Å². The summed E-state index contributed by atoms with van der Waals surface area (Å²) in [5.74, 6) is 0. The van der Waals surface area contributed by atoms with Crippen LogP contribution in [0.1, 0.15) is 25.7 Å². The van der Waals surface area contributed by atoms with Crippen LogP contribution in [0, 0.1) is 0 Å². The van der Waals surface area contributed by atoms with Gasteiger partial charge in [-0.25, -0.2) is 8.42 Å². The van der Waals surface area contributed by atoms with Crippen LogP contribution in [0.3, 0.4) is 0 Å². The van der Waals surface area contributed by atoms with Crippen LogP contribution in [0.25, 0.3) is 0 Å². The lowest BCUT2D eigenvalue weighted by Crippen LogP contribution is -2.43. The first-order valence-electron chi connectivity index (χ1n) is 6.01. The highest BCUT2D eigenvalue weighted by Crippen LogP contribution is 2.22. The van der Waals surface area contributed by atoms with Crippen LogP contribution < -0.4 is 0 Å². The molecule has 0 bridgehead atoms. The van der Waals surface area contributed by atoms with Crippen LogP contribution in [0.4, 0.5) is 0 Å². The molecule has 5 nitrogen and oxygen atoms in total. The van der Waals surface area contributed by atoms with Gasteiger partial charge in [-0.1, -0.05) is 6.42 Å². The van der Waals surface area contributed by atoms with Gasteiger partial charge in [0.25, 0.3) is 0 Å². The third-order valence-corrected chi connectivity index (χ3v) is 4.58. The fraction of sp³-hybridized carbons (Fsp3) is 0.727. The molecular formula is C11H19N3O2S. The molecule has 0 amide bonds. The van der Waals surface area contributed by atoms with Gasteiger partial charge >= 0.3 is 0 Å². The molecule has 0 radical (unpaired) electrons. The van der Waals surface area contributed by atoms with Crippen molar-refractivity contribution in [3.05, 3.63) is 18.5 Å². The molecule has 0 unspecified atom stereocenters. The Morgan fingerprint density at radius 1 is 1.41 bits per heavy atom. The highest BCUT2D eigenvalue weighted by Gasteiger charge is 2.28. The molecular weight excluding hydrogens is 238 g/mol. The van der Waals surface area contributed by atoms with Crippen LogP contribution in [0.5, 0.6) is 0 Å². The molecule has 17 heavy (non-hydrogen) atoms. The Hall–Kier alpha value is -0.880. The second-order valence-electron chi connectivity index (χ2n) is 4.58. The molecule has 1 aliphatic heterocycles. The standard InChI is InChI=1S/C11H19N3O2S/c1-17(15,16)14-9-3-2-5-11(14)6-10-13-8-4-7-12-13/h4,7-8,11H,2-3,5-6,9-10H2,1H3/t11-/m0/s1. The van der Waals surface area contributed by atoms with Crippen molar-refractivity contribution in [1.29, 1.82) is 0 Å². The van der Waals surface area contributed by atoms with Crippen molar-refractivity contribution in [2.24, 2.45) is 0 Å². The summed E-state index contributed by atoms with van der Waals surface area (Å²) in [5, 5.41) is 4.14. The fourth-order valence-electron chi connectivity index (χ4n) is 2.41. The lowest BCUT2D eigenvalue weighted by Gasteiger charge is -2.33. The average molecular weight is 257 g/mol. The zero-order valence-electron chi connectivity index (χ0n) is 10.1. The Morgan fingerprint density at radius 2 is 2.24 bits per heavy atom. The average Bonchev–Trinajstić information content (AvgIpc) is 2.78. The monoisotopic (exact) mass is 257 g/mol. The molecule has 1 aromatic heterocycles. The minimum atomic E-state index is -3.06. The van der Waals surface area contributed by atoms with Crippen molar-refractivity contribution in [2.45, 2.75) is 38.3 Å². The van der Waals surface area contributed by atoms with E-state index in [1.54, 1.807) is 10.5 Å². The van der Waals surface area contributed by atoms with Crippen LogP contribution in [-0.2, 0) is 16.6 Å². The Bertz CT molecular complexity index is 441. The molecule has 0 N–H and O–H groups in total. The molecule has 1 saturated heterocycles. The van der Waals surface area contributed by atoms with Crippen molar-refractivity contribution < 1.29 is 8.42 Å². The van der Waals surface area contributed by atoms with E-state index in [9.17, 15) is 8.42 Å². The van der Waals surface area contributed by atoms with E-state index in [1.165, 1.54) is 6.26 Å². The summed E-state index contributed by atoms with van der Waals surface area (Å²) in [4.78, 5) is 0. The maximum atomic E-state index is 11.7. The molecule has 96 valence electrons. The number of hydrogen-bond acceptors (Lipinski definition) is 3. The van der Waals surface area contributed by atoms with Crippen LogP contribution in [0.15, 0.2) is 18.5 Å². The van der Waals surface area contributed by atoms with Crippen LogP contribution in [-0.4, -0.2) is 41.3 Å². The smallest absolute Gasteiger partial charge is 0.211 e. The van der Waals surface area contributed by atoms with Gasteiger partial charge in [-0.3, -0.25) is 4.68 Å². The van der Waals surface area contributed by atoms with Gasteiger partial charge in [-0.2, -0.15) is 9.40 Å². The highest BCUT2D eigenvalue weighted by atomic mass is 32.2. The molecule has 1 aromatic rings. The Balaban J connectivity index is 1.97. The van der Waals surface area contributed by atoms with Crippen molar-refractivity contribution in [2.75, 3.05) is 12.8 Å². The first-order valence-corrected chi connectivity index (χ1v) is 7.86. The number of rotatable bonds is 4. The van der Waals surface area contributed by atoms with Crippen LogP contribution >= 0.6 is 0 Å². The topological polar surface area (TPSA) is 55.2 Å². The summed E-state index contributed by atoms with van der Waals surface area (Å²) < 4.78 is 26.8. The minimum Gasteiger partial charge on any atom is -0.273 e.